The van der Waals surface area contributed by atoms with Gasteiger partial charge in [0.15, 0.2) is 0 Å². The van der Waals surface area contributed by atoms with Crippen LogP contribution in [-0.4, -0.2) is 18.4 Å². The van der Waals surface area contributed by atoms with Crippen molar-refractivity contribution in [3.8, 4) is 0 Å². The largest absolute Gasteiger partial charge is 0.416 e. The normalized spacial score (nSPS) is 11.1. The molecule has 0 bridgehead atoms. The molecule has 8 heteroatoms. The van der Waals surface area contributed by atoms with E-state index in [9.17, 15) is 27.2 Å². The fourth-order valence-electron chi connectivity index (χ4n) is 2.13. The molecule has 0 unspecified atom stereocenters. The fraction of sp³-hybridized carbons (Fsp3) is 0.176. The average molecular weight is 354 g/mol. The van der Waals surface area contributed by atoms with Crippen molar-refractivity contribution in [3.05, 3.63) is 59.9 Å². The van der Waals surface area contributed by atoms with Crippen LogP contribution in [0.15, 0.2) is 48.5 Å². The van der Waals surface area contributed by atoms with E-state index in [4.69, 9.17) is 0 Å². The maximum Gasteiger partial charge on any atom is 0.416 e. The highest BCUT2D eigenvalue weighted by atomic mass is 19.4. The first kappa shape index (κ1) is 18.4. The molecular weight excluding hydrogens is 340 g/mol. The lowest BCUT2D eigenvalue weighted by Crippen LogP contribution is -2.37. The standard InChI is InChI=1S/C17H14F4N2O2/c1-11(24)23(13-6-4-5-12(9-13)17(19,20)21)10-16(25)22-15-8-3-2-7-14(15)18/h2-9H,10H2,1H3,(H,22,25). The fourth-order valence-corrected chi connectivity index (χ4v) is 2.13. The number of amides is 2. The molecule has 0 heterocycles. The van der Waals surface area contributed by atoms with E-state index in [1.54, 1.807) is 0 Å². The summed E-state index contributed by atoms with van der Waals surface area (Å²) in [7, 11) is 0. The van der Waals surface area contributed by atoms with E-state index < -0.39 is 35.9 Å². The van der Waals surface area contributed by atoms with Crippen LogP contribution in [0.1, 0.15) is 12.5 Å². The Morgan fingerprint density at radius 3 is 2.36 bits per heavy atom. The van der Waals surface area contributed by atoms with Crippen LogP contribution in [0.25, 0.3) is 0 Å². The molecule has 2 rings (SSSR count). The molecule has 132 valence electrons. The van der Waals surface area contributed by atoms with Gasteiger partial charge in [-0.1, -0.05) is 18.2 Å². The van der Waals surface area contributed by atoms with Crippen molar-refractivity contribution in [1.29, 1.82) is 0 Å². The molecule has 0 saturated carbocycles. The van der Waals surface area contributed by atoms with Crippen LogP contribution in [-0.2, 0) is 15.8 Å². The minimum atomic E-state index is -4.58. The molecule has 1 N–H and O–H groups in total. The van der Waals surface area contributed by atoms with Crippen molar-refractivity contribution in [1.82, 2.24) is 0 Å². The summed E-state index contributed by atoms with van der Waals surface area (Å²) in [5.41, 5.74) is -1.10. The first-order valence-electron chi connectivity index (χ1n) is 7.18. The van der Waals surface area contributed by atoms with Crippen LogP contribution < -0.4 is 10.2 Å². The van der Waals surface area contributed by atoms with Gasteiger partial charge in [0, 0.05) is 12.6 Å². The number of hydrogen-bond acceptors (Lipinski definition) is 2. The summed E-state index contributed by atoms with van der Waals surface area (Å²) in [5, 5.41) is 2.28. The van der Waals surface area contributed by atoms with E-state index in [1.165, 1.54) is 24.3 Å². The number of benzene rings is 2. The Hall–Kier alpha value is -2.90. The Balaban J connectivity index is 2.20. The second-order valence-corrected chi connectivity index (χ2v) is 5.18. The summed E-state index contributed by atoms with van der Waals surface area (Å²) in [6.45, 7) is 0.571. The van der Waals surface area contributed by atoms with Gasteiger partial charge >= 0.3 is 6.18 Å². The average Bonchev–Trinajstić information content (AvgIpc) is 2.54. The number of hydrogen-bond donors (Lipinski definition) is 1. The van der Waals surface area contributed by atoms with E-state index in [0.717, 1.165) is 36.1 Å². The third-order valence-corrected chi connectivity index (χ3v) is 3.31. The molecule has 25 heavy (non-hydrogen) atoms. The Bertz CT molecular complexity index is 790. The highest BCUT2D eigenvalue weighted by Gasteiger charge is 2.31. The zero-order valence-electron chi connectivity index (χ0n) is 13.1. The SMILES string of the molecule is CC(=O)N(CC(=O)Nc1ccccc1F)c1cccc(C(F)(F)F)c1. The first-order chi connectivity index (χ1) is 11.7. The van der Waals surface area contributed by atoms with Crippen LogP contribution in [0.2, 0.25) is 0 Å². The van der Waals surface area contributed by atoms with Gasteiger partial charge in [-0.15, -0.1) is 0 Å². The number of rotatable bonds is 4. The van der Waals surface area contributed by atoms with Crippen LogP contribution in [0.4, 0.5) is 28.9 Å². The minimum Gasteiger partial charge on any atom is -0.322 e. The first-order valence-corrected chi connectivity index (χ1v) is 7.18. The smallest absolute Gasteiger partial charge is 0.322 e. The lowest BCUT2D eigenvalue weighted by atomic mass is 10.1. The van der Waals surface area contributed by atoms with E-state index >= 15 is 0 Å². The third kappa shape index (κ3) is 4.79. The quantitative estimate of drug-likeness (QED) is 0.849. The highest BCUT2D eigenvalue weighted by Crippen LogP contribution is 2.31. The van der Waals surface area contributed by atoms with Gasteiger partial charge in [-0.05, 0) is 30.3 Å². The number of para-hydroxylation sites is 1. The molecule has 0 aromatic heterocycles. The Labute approximate surface area is 141 Å². The van der Waals surface area contributed by atoms with Crippen molar-refractivity contribution in [2.24, 2.45) is 0 Å². The summed E-state index contributed by atoms with van der Waals surface area (Å²) in [6.07, 6.45) is -4.58. The summed E-state index contributed by atoms with van der Waals surface area (Å²) in [6, 6.07) is 9.49. The second-order valence-electron chi connectivity index (χ2n) is 5.18. The summed E-state index contributed by atoms with van der Waals surface area (Å²) in [4.78, 5) is 24.7. The highest BCUT2D eigenvalue weighted by molar-refractivity contribution is 6.01. The molecule has 2 aromatic carbocycles. The molecule has 0 aliphatic rings. The lowest BCUT2D eigenvalue weighted by molar-refractivity contribution is -0.137. The topological polar surface area (TPSA) is 49.4 Å². The van der Waals surface area contributed by atoms with Gasteiger partial charge in [0.05, 0.1) is 11.3 Å². The van der Waals surface area contributed by atoms with Crippen molar-refractivity contribution in [2.45, 2.75) is 13.1 Å². The zero-order valence-corrected chi connectivity index (χ0v) is 13.1. The van der Waals surface area contributed by atoms with Crippen LogP contribution in [0.3, 0.4) is 0 Å². The van der Waals surface area contributed by atoms with Gasteiger partial charge in [0.1, 0.15) is 12.4 Å². The van der Waals surface area contributed by atoms with E-state index in [2.05, 4.69) is 5.32 Å². The third-order valence-electron chi connectivity index (χ3n) is 3.31. The van der Waals surface area contributed by atoms with Crippen molar-refractivity contribution in [2.75, 3.05) is 16.8 Å². The monoisotopic (exact) mass is 354 g/mol. The molecule has 0 fully saturated rings. The Kier molecular flexibility index (Phi) is 5.41. The van der Waals surface area contributed by atoms with Crippen LogP contribution >= 0.6 is 0 Å². The molecule has 0 saturated heterocycles. The summed E-state index contributed by atoms with van der Waals surface area (Å²) < 4.78 is 51.9. The van der Waals surface area contributed by atoms with Crippen molar-refractivity contribution in [3.63, 3.8) is 0 Å². The number of nitrogens with zero attached hydrogens (tertiary/aromatic N) is 1. The van der Waals surface area contributed by atoms with E-state index in [-0.39, 0.29) is 11.4 Å². The van der Waals surface area contributed by atoms with E-state index in [1.807, 2.05) is 0 Å². The second kappa shape index (κ2) is 7.33. The van der Waals surface area contributed by atoms with Gasteiger partial charge < -0.3 is 10.2 Å². The number of halogens is 4. The molecule has 0 aliphatic carbocycles. The molecule has 2 amide bonds. The predicted molar refractivity (Wildman–Crippen MR) is 84.5 cm³/mol. The molecular formula is C17H14F4N2O2. The predicted octanol–water partition coefficient (Wildman–Crippen LogP) is 3.84. The van der Waals surface area contributed by atoms with Gasteiger partial charge in [0.2, 0.25) is 11.8 Å². The molecule has 0 aliphatic heterocycles. The lowest BCUT2D eigenvalue weighted by Gasteiger charge is -2.22. The molecule has 4 nitrogen and oxygen atoms in total. The van der Waals surface area contributed by atoms with Crippen LogP contribution in [0.5, 0.6) is 0 Å². The summed E-state index contributed by atoms with van der Waals surface area (Å²) in [5.74, 6) is -2.02. The number of nitrogens with one attached hydrogen (secondary N) is 1. The Morgan fingerprint density at radius 1 is 1.08 bits per heavy atom. The maximum absolute atomic E-state index is 13.5. The molecule has 0 spiro atoms. The summed E-state index contributed by atoms with van der Waals surface area (Å²) >= 11 is 0. The van der Waals surface area contributed by atoms with Gasteiger partial charge in [-0.2, -0.15) is 13.2 Å². The molecule has 0 atom stereocenters. The molecule has 0 radical (unpaired) electrons. The van der Waals surface area contributed by atoms with Crippen LogP contribution in [0, 0.1) is 5.82 Å². The zero-order chi connectivity index (χ0) is 18.6. The Morgan fingerprint density at radius 2 is 1.76 bits per heavy atom. The number of carbonyl (C=O) groups excluding carboxylic acids is 2. The van der Waals surface area contributed by atoms with Gasteiger partial charge in [-0.3, -0.25) is 9.59 Å². The van der Waals surface area contributed by atoms with Crippen molar-refractivity contribution < 1.29 is 27.2 Å². The number of carbonyl (C=O) groups is 2. The number of alkyl halides is 3. The number of anilines is 2. The van der Waals surface area contributed by atoms with E-state index in [0.29, 0.717) is 0 Å². The maximum atomic E-state index is 13.5. The van der Waals surface area contributed by atoms with Gasteiger partial charge in [0.25, 0.3) is 0 Å². The van der Waals surface area contributed by atoms with Crippen molar-refractivity contribution >= 4 is 23.2 Å². The minimum absolute atomic E-state index is 0.0778. The van der Waals surface area contributed by atoms with Gasteiger partial charge in [-0.25, -0.2) is 4.39 Å². The molecule has 2 aromatic rings.